The van der Waals surface area contributed by atoms with Crippen molar-refractivity contribution < 1.29 is 22.4 Å². The van der Waals surface area contributed by atoms with Crippen molar-refractivity contribution in [3.05, 3.63) is 123 Å². The Balaban J connectivity index is 0.000000261. The average molecular weight is 653 g/mol. The number of benzene rings is 3. The highest BCUT2D eigenvalue weighted by molar-refractivity contribution is 5.64. The van der Waals surface area contributed by atoms with Crippen LogP contribution in [0.4, 0.5) is 17.6 Å². The first-order chi connectivity index (χ1) is 22.5. The third kappa shape index (κ3) is 11.9. The van der Waals surface area contributed by atoms with Gasteiger partial charge in [-0.05, 0) is 79.5 Å². The van der Waals surface area contributed by atoms with E-state index in [0.717, 1.165) is 67.8 Å². The molecule has 0 N–H and O–H groups in total. The Morgan fingerprint density at radius 2 is 1.38 bits per heavy atom. The van der Waals surface area contributed by atoms with E-state index in [1.807, 2.05) is 31.2 Å². The number of nitrogens with zero attached hydrogens (tertiary/aromatic N) is 4. The minimum Gasteiger partial charge on any atom is -0.329 e. The molecule has 0 aliphatic carbocycles. The SMILES string of the molecule is CCN(CC)CCN(C)Cc1ccc(-c2ccc(C(F)(F)F)cc2)cc1.CCc1cn(CC=O)c(CCc2ccc(F)cc2)nc1=O. The number of aldehydes is 1. The van der Waals surface area contributed by atoms with E-state index in [1.54, 1.807) is 22.9 Å². The fourth-order valence-corrected chi connectivity index (χ4v) is 5.06. The van der Waals surface area contributed by atoms with E-state index < -0.39 is 11.7 Å². The highest BCUT2D eigenvalue weighted by atomic mass is 19.4. The van der Waals surface area contributed by atoms with Gasteiger partial charge >= 0.3 is 6.18 Å². The molecular formula is C37H44F4N4O2. The quantitative estimate of drug-likeness (QED) is 0.108. The predicted molar refractivity (Wildman–Crippen MR) is 179 cm³/mol. The highest BCUT2D eigenvalue weighted by Crippen LogP contribution is 2.31. The van der Waals surface area contributed by atoms with Crippen molar-refractivity contribution in [3.8, 4) is 11.1 Å². The van der Waals surface area contributed by atoms with E-state index in [0.29, 0.717) is 30.7 Å². The van der Waals surface area contributed by atoms with Gasteiger partial charge in [0, 0.05) is 37.8 Å². The Bertz CT molecular complexity index is 1580. The average Bonchev–Trinajstić information content (AvgIpc) is 3.06. The number of hydrogen-bond donors (Lipinski definition) is 0. The Hall–Kier alpha value is -4.15. The number of aromatic nitrogens is 2. The van der Waals surface area contributed by atoms with Gasteiger partial charge in [0.05, 0.1) is 12.1 Å². The van der Waals surface area contributed by atoms with Crippen molar-refractivity contribution in [3.63, 3.8) is 0 Å². The molecule has 47 heavy (non-hydrogen) atoms. The van der Waals surface area contributed by atoms with Gasteiger partial charge in [0.15, 0.2) is 0 Å². The number of carbonyl (C=O) groups is 1. The molecule has 1 aromatic heterocycles. The number of carbonyl (C=O) groups excluding carboxylic acids is 1. The van der Waals surface area contributed by atoms with Gasteiger partial charge in [-0.25, -0.2) is 4.39 Å². The maximum atomic E-state index is 12.9. The second kappa shape index (κ2) is 18.3. The number of rotatable bonds is 14. The summed E-state index contributed by atoms with van der Waals surface area (Å²) in [6.45, 7) is 11.4. The summed E-state index contributed by atoms with van der Waals surface area (Å²) in [5.41, 5.74) is 3.61. The summed E-state index contributed by atoms with van der Waals surface area (Å²) in [7, 11) is 2.10. The molecule has 0 saturated heterocycles. The molecule has 0 aliphatic rings. The molecule has 0 atom stereocenters. The first-order valence-electron chi connectivity index (χ1n) is 15.9. The van der Waals surface area contributed by atoms with Crippen molar-refractivity contribution in [2.75, 3.05) is 33.2 Å². The Morgan fingerprint density at radius 1 is 0.809 bits per heavy atom. The van der Waals surface area contributed by atoms with Gasteiger partial charge < -0.3 is 19.2 Å². The van der Waals surface area contributed by atoms with Crippen molar-refractivity contribution in [1.82, 2.24) is 19.4 Å². The molecule has 0 radical (unpaired) electrons. The Labute approximate surface area is 274 Å². The summed E-state index contributed by atoms with van der Waals surface area (Å²) >= 11 is 0. The maximum absolute atomic E-state index is 12.9. The molecular weight excluding hydrogens is 608 g/mol. The first kappa shape index (κ1) is 37.3. The van der Waals surface area contributed by atoms with Crippen LogP contribution in [0, 0.1) is 5.82 Å². The van der Waals surface area contributed by atoms with E-state index in [-0.39, 0.29) is 17.9 Å². The topological polar surface area (TPSA) is 58.4 Å². The van der Waals surface area contributed by atoms with Crippen LogP contribution < -0.4 is 5.56 Å². The number of hydrogen-bond acceptors (Lipinski definition) is 5. The molecule has 1 heterocycles. The normalized spacial score (nSPS) is 11.4. The lowest BCUT2D eigenvalue weighted by molar-refractivity contribution is -0.137. The van der Waals surface area contributed by atoms with Crippen LogP contribution in [-0.2, 0) is 43.3 Å². The van der Waals surface area contributed by atoms with E-state index >= 15 is 0 Å². The second-order valence-corrected chi connectivity index (χ2v) is 11.3. The van der Waals surface area contributed by atoms with Gasteiger partial charge in [0.25, 0.3) is 5.56 Å². The zero-order valence-electron chi connectivity index (χ0n) is 27.6. The van der Waals surface area contributed by atoms with Gasteiger partial charge in [0.2, 0.25) is 0 Å². The molecule has 0 saturated carbocycles. The molecule has 4 rings (SSSR count). The zero-order valence-corrected chi connectivity index (χ0v) is 27.6. The van der Waals surface area contributed by atoms with Crippen LogP contribution in [0.5, 0.6) is 0 Å². The smallest absolute Gasteiger partial charge is 0.329 e. The van der Waals surface area contributed by atoms with Crippen LogP contribution >= 0.6 is 0 Å². The molecule has 0 aliphatic heterocycles. The second-order valence-electron chi connectivity index (χ2n) is 11.3. The van der Waals surface area contributed by atoms with E-state index in [2.05, 4.69) is 35.7 Å². The molecule has 0 amide bonds. The molecule has 0 fully saturated rings. The molecule has 3 aromatic carbocycles. The predicted octanol–water partition coefficient (Wildman–Crippen LogP) is 7.07. The molecule has 0 spiro atoms. The summed E-state index contributed by atoms with van der Waals surface area (Å²) in [6.07, 6.45) is -0.0620. The van der Waals surface area contributed by atoms with Crippen LogP contribution in [0.3, 0.4) is 0 Å². The van der Waals surface area contributed by atoms with Gasteiger partial charge in [-0.2, -0.15) is 18.2 Å². The van der Waals surface area contributed by atoms with Crippen molar-refractivity contribution in [2.45, 2.75) is 59.3 Å². The van der Waals surface area contributed by atoms with Gasteiger partial charge in [-0.15, -0.1) is 0 Å². The van der Waals surface area contributed by atoms with Crippen LogP contribution in [0.2, 0.25) is 0 Å². The lowest BCUT2D eigenvalue weighted by Crippen LogP contribution is -2.32. The first-order valence-corrected chi connectivity index (χ1v) is 15.9. The Morgan fingerprint density at radius 3 is 1.91 bits per heavy atom. The molecule has 4 aromatic rings. The number of likely N-dealkylation sites (N-methyl/N-ethyl adjacent to an activating group) is 2. The zero-order chi connectivity index (χ0) is 34.4. The summed E-state index contributed by atoms with van der Waals surface area (Å²) in [4.78, 5) is 31.3. The van der Waals surface area contributed by atoms with E-state index in [4.69, 9.17) is 0 Å². The molecule has 10 heteroatoms. The molecule has 6 nitrogen and oxygen atoms in total. The van der Waals surface area contributed by atoms with Crippen molar-refractivity contribution >= 4 is 6.29 Å². The minimum absolute atomic E-state index is 0.180. The highest BCUT2D eigenvalue weighted by Gasteiger charge is 2.29. The summed E-state index contributed by atoms with van der Waals surface area (Å²) in [6, 6.07) is 19.5. The largest absolute Gasteiger partial charge is 0.416 e. The lowest BCUT2D eigenvalue weighted by Gasteiger charge is -2.23. The molecule has 0 bridgehead atoms. The summed E-state index contributed by atoms with van der Waals surface area (Å²) < 4.78 is 52.5. The van der Waals surface area contributed by atoms with Crippen molar-refractivity contribution in [1.29, 1.82) is 0 Å². The molecule has 252 valence electrons. The van der Waals surface area contributed by atoms with E-state index in [9.17, 15) is 27.2 Å². The fraction of sp³-hybridized carbons (Fsp3) is 0.378. The van der Waals surface area contributed by atoms with Crippen LogP contribution in [0.25, 0.3) is 11.1 Å². The van der Waals surface area contributed by atoms with Gasteiger partial charge in [-0.3, -0.25) is 4.79 Å². The summed E-state index contributed by atoms with van der Waals surface area (Å²) in [5.74, 6) is 0.302. The van der Waals surface area contributed by atoms with Crippen molar-refractivity contribution in [2.24, 2.45) is 0 Å². The minimum atomic E-state index is -4.29. The summed E-state index contributed by atoms with van der Waals surface area (Å²) in [5, 5.41) is 0. The number of alkyl halides is 3. The van der Waals surface area contributed by atoms with E-state index in [1.165, 1.54) is 29.8 Å². The monoisotopic (exact) mass is 652 g/mol. The van der Waals surface area contributed by atoms with Crippen LogP contribution in [0.1, 0.15) is 48.8 Å². The third-order valence-corrected chi connectivity index (χ3v) is 8.00. The Kier molecular flexibility index (Phi) is 14.5. The van der Waals surface area contributed by atoms with Crippen LogP contribution in [-0.4, -0.2) is 58.9 Å². The number of halogens is 4. The van der Waals surface area contributed by atoms with Gasteiger partial charge in [0.1, 0.15) is 17.9 Å². The fourth-order valence-electron chi connectivity index (χ4n) is 5.06. The van der Waals surface area contributed by atoms with Gasteiger partial charge in [-0.1, -0.05) is 69.3 Å². The molecule has 0 unspecified atom stereocenters. The third-order valence-electron chi connectivity index (χ3n) is 8.00. The maximum Gasteiger partial charge on any atom is 0.416 e. The lowest BCUT2D eigenvalue weighted by atomic mass is 10.0. The standard InChI is InChI=1S/C21H27F3N2.C16H17FN2O2/c1-4-26(5-2)15-14-25(3)16-17-6-8-18(9-7-17)19-10-12-20(13-11-19)21(22,23)24;1-2-13-11-19(9-10-20)15(18-16(13)21)8-5-12-3-6-14(17)7-4-12/h6-13H,4-5,14-16H2,1-3H3;3-4,6-7,10-11H,2,5,8-9H2,1H3. The van der Waals surface area contributed by atoms with Crippen LogP contribution in [0.15, 0.2) is 83.8 Å². The number of aryl methyl sites for hydroxylation is 3.